The first-order valence-electron chi connectivity index (χ1n) is 15.1. The van der Waals surface area contributed by atoms with Crippen molar-refractivity contribution in [3.8, 4) is 5.75 Å². The molecule has 3 fully saturated rings. The lowest BCUT2D eigenvalue weighted by Gasteiger charge is -2.38. The maximum Gasteiger partial charge on any atom is 0.260 e. The van der Waals surface area contributed by atoms with Crippen molar-refractivity contribution in [2.45, 2.75) is 44.0 Å². The summed E-state index contributed by atoms with van der Waals surface area (Å²) in [4.78, 5) is 76.0. The molecular weight excluding hydrogens is 617 g/mol. The topological polar surface area (TPSA) is 145 Å². The van der Waals surface area contributed by atoms with E-state index in [-0.39, 0.29) is 61.9 Å². The van der Waals surface area contributed by atoms with Crippen molar-refractivity contribution in [1.29, 1.82) is 0 Å². The number of carbonyl (C=O) groups is 6. The number of carbonyl (C=O) groups excluding carboxylic acids is 6. The van der Waals surface area contributed by atoms with Crippen LogP contribution in [0, 0.1) is 11.7 Å². The van der Waals surface area contributed by atoms with Gasteiger partial charge in [-0.05, 0) is 37.2 Å². The summed E-state index contributed by atoms with van der Waals surface area (Å²) in [6.45, 7) is 1.52. The number of benzene rings is 2. The molecule has 0 bridgehead atoms. The van der Waals surface area contributed by atoms with E-state index in [1.165, 1.54) is 11.0 Å². The molecular formula is C32H36FN5O7S. The van der Waals surface area contributed by atoms with Gasteiger partial charge in [0.25, 0.3) is 5.91 Å². The number of likely N-dealkylation sites (tertiary alicyclic amines) is 1. The van der Waals surface area contributed by atoms with Crippen molar-refractivity contribution in [2.24, 2.45) is 5.92 Å². The average molecular weight is 654 g/mol. The Morgan fingerprint density at radius 2 is 1.89 bits per heavy atom. The number of rotatable bonds is 12. The third-order valence-corrected chi connectivity index (χ3v) is 9.58. The van der Waals surface area contributed by atoms with Crippen LogP contribution in [-0.4, -0.2) is 95.7 Å². The predicted molar refractivity (Wildman–Crippen MR) is 167 cm³/mol. The van der Waals surface area contributed by atoms with Crippen LogP contribution in [0.3, 0.4) is 0 Å². The Balaban J connectivity index is 1.11. The van der Waals surface area contributed by atoms with Gasteiger partial charge < -0.3 is 15.0 Å². The van der Waals surface area contributed by atoms with Gasteiger partial charge >= 0.3 is 0 Å². The number of amides is 4. The smallest absolute Gasteiger partial charge is 0.260 e. The molecule has 4 amide bonds. The zero-order chi connectivity index (χ0) is 32.8. The number of halogens is 1. The molecule has 2 aromatic carbocycles. The molecule has 244 valence electrons. The molecule has 2 aromatic rings. The van der Waals surface area contributed by atoms with E-state index in [0.717, 1.165) is 5.56 Å². The number of Topliss-reactive ketones (excluding diaryl/α,β-unsaturated/α-hetero) is 1. The number of nitrogens with one attached hydrogen (secondary N) is 2. The molecule has 0 aromatic heterocycles. The summed E-state index contributed by atoms with van der Waals surface area (Å²) in [5.41, 5.74) is 1.77. The average Bonchev–Trinajstić information content (AvgIpc) is 3.00. The van der Waals surface area contributed by atoms with Gasteiger partial charge in [-0.15, -0.1) is 0 Å². The minimum absolute atomic E-state index is 0.0786. The molecule has 0 aliphatic carbocycles. The second kappa shape index (κ2) is 15.0. The van der Waals surface area contributed by atoms with Crippen LogP contribution in [-0.2, 0) is 36.3 Å². The number of ether oxygens (including phenoxy) is 1. The largest absolute Gasteiger partial charge is 0.483 e. The maximum atomic E-state index is 14.5. The lowest BCUT2D eigenvalue weighted by atomic mass is 9.99. The van der Waals surface area contributed by atoms with Gasteiger partial charge in [0.05, 0.1) is 17.6 Å². The third-order valence-electron chi connectivity index (χ3n) is 8.38. The number of nitrogens with zero attached hydrogens (tertiary/aromatic N) is 3. The molecule has 0 radical (unpaired) electrons. The molecule has 3 heterocycles. The minimum atomic E-state index is -0.557. The third kappa shape index (κ3) is 8.17. The van der Waals surface area contributed by atoms with Crippen LogP contribution in [0.5, 0.6) is 5.75 Å². The number of anilines is 1. The Morgan fingerprint density at radius 1 is 1.13 bits per heavy atom. The van der Waals surface area contributed by atoms with Crippen molar-refractivity contribution >= 4 is 53.3 Å². The monoisotopic (exact) mass is 653 g/mol. The van der Waals surface area contributed by atoms with Crippen LogP contribution in [0.2, 0.25) is 0 Å². The maximum absolute atomic E-state index is 14.5. The predicted octanol–water partition coefficient (Wildman–Crippen LogP) is 2.16. The lowest BCUT2D eigenvalue weighted by molar-refractivity contribution is -0.143. The molecule has 46 heavy (non-hydrogen) atoms. The van der Waals surface area contributed by atoms with E-state index in [1.54, 1.807) is 54.2 Å². The van der Waals surface area contributed by atoms with Crippen molar-refractivity contribution in [2.75, 3.05) is 45.2 Å². The van der Waals surface area contributed by atoms with Crippen LogP contribution in [0.4, 0.5) is 10.1 Å². The summed E-state index contributed by atoms with van der Waals surface area (Å²) in [6, 6.07) is 8.91. The van der Waals surface area contributed by atoms with E-state index in [0.29, 0.717) is 61.3 Å². The number of hydrogen-bond acceptors (Lipinski definition) is 10. The summed E-state index contributed by atoms with van der Waals surface area (Å²) >= 11 is 1.57. The molecule has 14 heteroatoms. The first-order valence-corrected chi connectivity index (χ1v) is 16.1. The van der Waals surface area contributed by atoms with E-state index in [4.69, 9.17) is 4.74 Å². The van der Waals surface area contributed by atoms with Crippen LogP contribution >= 0.6 is 11.9 Å². The number of aldehydes is 1. The van der Waals surface area contributed by atoms with Gasteiger partial charge in [-0.25, -0.2) is 8.70 Å². The van der Waals surface area contributed by atoms with Gasteiger partial charge in [0.2, 0.25) is 17.7 Å². The zero-order valence-corrected chi connectivity index (χ0v) is 26.3. The van der Waals surface area contributed by atoms with Crippen molar-refractivity contribution in [3.05, 3.63) is 58.9 Å². The summed E-state index contributed by atoms with van der Waals surface area (Å²) < 4.78 is 22.5. The first kappa shape index (κ1) is 33.2. The standard InChI is InChI=1S/C32H36FN5O7S/c1-36(27-7-8-29(41)35-32(27)44)16-24-21(17-39)3-2-4-28(24)45-18-30(42)37-14-22(15-37)31(43)34-26-13-20(5-6-25(26)33)19-46-38-11-9-23(40)10-12-38/h2-6,13,17,22,27H,7-12,14-16,18-19H2,1H3,(H,34,43)(H,35,41,44). The first-order chi connectivity index (χ1) is 22.1. The fraction of sp³-hybridized carbons (Fsp3) is 0.438. The SMILES string of the molecule is CN(Cc1c(C=O)cccc1OCC(=O)N1CC(C(=O)Nc2cc(CSN3CCC(=O)CC3)ccc2F)C1)C1CCC(=O)NC1=O. The van der Waals surface area contributed by atoms with Crippen LogP contribution in [0.15, 0.2) is 36.4 Å². The van der Waals surface area contributed by atoms with E-state index < -0.39 is 23.7 Å². The molecule has 2 N–H and O–H groups in total. The van der Waals surface area contributed by atoms with Gasteiger partial charge in [-0.2, -0.15) is 0 Å². The fourth-order valence-corrected chi connectivity index (χ4v) is 6.51. The Morgan fingerprint density at radius 3 is 2.61 bits per heavy atom. The number of likely N-dealkylation sites (N-methyl/N-ethyl adjacent to an activating group) is 1. The van der Waals surface area contributed by atoms with Gasteiger partial charge in [-0.3, -0.25) is 39.0 Å². The Labute approximate surface area is 270 Å². The van der Waals surface area contributed by atoms with Crippen LogP contribution in [0.25, 0.3) is 0 Å². The highest BCUT2D eigenvalue weighted by molar-refractivity contribution is 7.96. The van der Waals surface area contributed by atoms with E-state index in [2.05, 4.69) is 14.9 Å². The Kier molecular flexibility index (Phi) is 10.8. The van der Waals surface area contributed by atoms with E-state index in [9.17, 15) is 33.2 Å². The molecule has 12 nitrogen and oxygen atoms in total. The molecule has 1 atom stereocenters. The molecule has 0 saturated carbocycles. The molecule has 0 spiro atoms. The molecule has 5 rings (SSSR count). The van der Waals surface area contributed by atoms with Crippen LogP contribution < -0.4 is 15.4 Å². The quantitative estimate of drug-likeness (QED) is 0.199. The van der Waals surface area contributed by atoms with E-state index in [1.807, 2.05) is 0 Å². The second-order valence-electron chi connectivity index (χ2n) is 11.7. The van der Waals surface area contributed by atoms with Crippen LogP contribution in [0.1, 0.15) is 47.2 Å². The summed E-state index contributed by atoms with van der Waals surface area (Å²) in [5, 5.41) is 4.97. The number of ketones is 1. The molecule has 3 aliphatic heterocycles. The Hall–Kier alpha value is -4.14. The minimum Gasteiger partial charge on any atom is -0.483 e. The summed E-state index contributed by atoms with van der Waals surface area (Å²) in [7, 11) is 1.71. The number of hydrogen-bond donors (Lipinski definition) is 2. The highest BCUT2D eigenvalue weighted by atomic mass is 32.2. The van der Waals surface area contributed by atoms with Gasteiger partial charge in [0.1, 0.15) is 17.3 Å². The van der Waals surface area contributed by atoms with E-state index >= 15 is 0 Å². The summed E-state index contributed by atoms with van der Waals surface area (Å²) in [6.07, 6.45) is 2.30. The van der Waals surface area contributed by atoms with Crippen molar-refractivity contribution in [3.63, 3.8) is 0 Å². The van der Waals surface area contributed by atoms with Crippen molar-refractivity contribution < 1.29 is 37.9 Å². The second-order valence-corrected chi connectivity index (χ2v) is 12.7. The molecule has 1 unspecified atom stereocenters. The molecule has 3 aliphatic rings. The lowest BCUT2D eigenvalue weighted by Crippen LogP contribution is -2.55. The van der Waals surface area contributed by atoms with Gasteiger partial charge in [0, 0.05) is 68.9 Å². The Bertz CT molecular complexity index is 1520. The summed E-state index contributed by atoms with van der Waals surface area (Å²) in [5.74, 6) is -1.38. The fourth-order valence-electron chi connectivity index (χ4n) is 5.56. The highest BCUT2D eigenvalue weighted by Gasteiger charge is 2.36. The zero-order valence-electron chi connectivity index (χ0n) is 25.5. The van der Waals surface area contributed by atoms with Gasteiger partial charge in [-0.1, -0.05) is 30.1 Å². The van der Waals surface area contributed by atoms with Gasteiger partial charge in [0.15, 0.2) is 12.9 Å². The highest BCUT2D eigenvalue weighted by Crippen LogP contribution is 2.27. The molecule has 3 saturated heterocycles. The number of imide groups is 1. The normalized spacial score (nSPS) is 19.1. The van der Waals surface area contributed by atoms with Crippen molar-refractivity contribution in [1.82, 2.24) is 19.4 Å². The number of piperidine rings is 2.